The zero-order valence-corrected chi connectivity index (χ0v) is 14.0. The van der Waals surface area contributed by atoms with E-state index in [1.54, 1.807) is 29.7 Å². The highest BCUT2D eigenvalue weighted by Gasteiger charge is 2.09. The third kappa shape index (κ3) is 3.43. The molecule has 0 unspecified atom stereocenters. The first-order valence-electron chi connectivity index (χ1n) is 6.75. The number of nitrogens with zero attached hydrogens (tertiary/aromatic N) is 1. The first-order chi connectivity index (χ1) is 10.7. The number of aromatic nitrogens is 1. The van der Waals surface area contributed by atoms with Crippen LogP contribution in [0.1, 0.15) is 15.9 Å². The van der Waals surface area contributed by atoms with Gasteiger partial charge in [0.2, 0.25) is 0 Å². The lowest BCUT2D eigenvalue weighted by Gasteiger charge is -2.09. The Bertz CT molecular complexity index is 770. The van der Waals surface area contributed by atoms with Gasteiger partial charge in [-0.2, -0.15) is 0 Å². The lowest BCUT2D eigenvalue weighted by molar-refractivity contribution is 0.0951. The van der Waals surface area contributed by atoms with Crippen LogP contribution in [-0.4, -0.2) is 10.9 Å². The van der Waals surface area contributed by atoms with Crippen molar-refractivity contribution in [2.75, 3.05) is 0 Å². The largest absolute Gasteiger partial charge is 0.348 e. The zero-order chi connectivity index (χ0) is 15.4. The van der Waals surface area contributed by atoms with Crippen LogP contribution in [0.25, 0.3) is 10.6 Å². The van der Waals surface area contributed by atoms with Crippen molar-refractivity contribution in [2.45, 2.75) is 6.54 Å². The molecule has 0 saturated carbocycles. The molecule has 1 amide bonds. The fraction of sp³-hybridized carbons (Fsp3) is 0.0588. The monoisotopic (exact) mass is 372 g/mol. The molecule has 0 aliphatic rings. The predicted molar refractivity (Wildman–Crippen MR) is 92.9 cm³/mol. The highest BCUT2D eigenvalue weighted by molar-refractivity contribution is 9.10. The number of hydrogen-bond donors (Lipinski definition) is 1. The number of halogens is 1. The van der Waals surface area contributed by atoms with Crippen LogP contribution in [0, 0.1) is 0 Å². The van der Waals surface area contributed by atoms with Gasteiger partial charge >= 0.3 is 0 Å². The second-order valence-corrected chi connectivity index (χ2v) is 6.54. The standard InChI is InChI=1S/C17H13BrN2OS/c18-14-7-5-12(6-8-14)17(21)20-11-13-3-1-9-19-16(13)15-4-2-10-22-15/h1-10H,11H2,(H,20,21). The summed E-state index contributed by atoms with van der Waals surface area (Å²) in [7, 11) is 0. The Morgan fingerprint density at radius 2 is 1.95 bits per heavy atom. The SMILES string of the molecule is O=C(NCc1cccnc1-c1cccs1)c1ccc(Br)cc1. The molecule has 110 valence electrons. The molecule has 0 saturated heterocycles. The number of amides is 1. The van der Waals surface area contributed by atoms with Gasteiger partial charge in [0.1, 0.15) is 0 Å². The van der Waals surface area contributed by atoms with E-state index in [9.17, 15) is 4.79 Å². The summed E-state index contributed by atoms with van der Waals surface area (Å²) < 4.78 is 0.955. The molecule has 0 aliphatic carbocycles. The van der Waals surface area contributed by atoms with Gasteiger partial charge in [-0.25, -0.2) is 0 Å². The Morgan fingerprint density at radius 3 is 2.68 bits per heavy atom. The maximum atomic E-state index is 12.2. The number of thiophene rings is 1. The zero-order valence-electron chi connectivity index (χ0n) is 11.6. The number of carbonyl (C=O) groups excluding carboxylic acids is 1. The topological polar surface area (TPSA) is 42.0 Å². The van der Waals surface area contributed by atoms with E-state index >= 15 is 0 Å². The number of rotatable bonds is 4. The van der Waals surface area contributed by atoms with Gasteiger partial charge < -0.3 is 5.32 Å². The van der Waals surface area contributed by atoms with Crippen LogP contribution < -0.4 is 5.32 Å². The molecule has 1 aromatic carbocycles. The molecule has 2 heterocycles. The van der Waals surface area contributed by atoms with Crippen LogP contribution in [0.2, 0.25) is 0 Å². The van der Waals surface area contributed by atoms with Crippen molar-refractivity contribution >= 4 is 33.2 Å². The molecule has 3 aromatic rings. The minimum atomic E-state index is -0.0894. The van der Waals surface area contributed by atoms with Crippen LogP contribution in [0.5, 0.6) is 0 Å². The Labute approximate surface area is 141 Å². The molecule has 1 N–H and O–H groups in total. The summed E-state index contributed by atoms with van der Waals surface area (Å²) in [6.45, 7) is 0.454. The molecule has 5 heteroatoms. The average Bonchev–Trinajstić information content (AvgIpc) is 3.08. The fourth-order valence-electron chi connectivity index (χ4n) is 2.10. The van der Waals surface area contributed by atoms with Crippen molar-refractivity contribution in [3.8, 4) is 10.6 Å². The smallest absolute Gasteiger partial charge is 0.251 e. The van der Waals surface area contributed by atoms with Crippen molar-refractivity contribution in [3.05, 3.63) is 75.7 Å². The van der Waals surface area contributed by atoms with Gasteiger partial charge in [0.15, 0.2) is 0 Å². The molecule has 0 fully saturated rings. The number of hydrogen-bond acceptors (Lipinski definition) is 3. The lowest BCUT2D eigenvalue weighted by atomic mass is 10.1. The van der Waals surface area contributed by atoms with E-state index in [-0.39, 0.29) is 5.91 Å². The first-order valence-corrected chi connectivity index (χ1v) is 8.43. The summed E-state index contributed by atoms with van der Waals surface area (Å²) in [5.74, 6) is -0.0894. The molecular weight excluding hydrogens is 360 g/mol. The second kappa shape index (κ2) is 6.85. The van der Waals surface area contributed by atoms with Crippen LogP contribution in [0.3, 0.4) is 0 Å². The van der Waals surface area contributed by atoms with E-state index in [1.807, 2.05) is 41.8 Å². The normalized spacial score (nSPS) is 10.4. The number of carbonyl (C=O) groups is 1. The van der Waals surface area contributed by atoms with E-state index in [0.717, 1.165) is 20.6 Å². The number of nitrogens with one attached hydrogen (secondary N) is 1. The Balaban J connectivity index is 1.74. The van der Waals surface area contributed by atoms with Gasteiger partial charge in [-0.05, 0) is 47.3 Å². The molecule has 0 spiro atoms. The van der Waals surface area contributed by atoms with Gasteiger partial charge in [-0.3, -0.25) is 9.78 Å². The molecule has 0 bridgehead atoms. The highest BCUT2D eigenvalue weighted by atomic mass is 79.9. The van der Waals surface area contributed by atoms with Gasteiger partial charge in [0, 0.05) is 22.8 Å². The molecular formula is C17H13BrN2OS. The van der Waals surface area contributed by atoms with Gasteiger partial charge in [-0.1, -0.05) is 28.1 Å². The quantitative estimate of drug-likeness (QED) is 0.732. The van der Waals surface area contributed by atoms with E-state index in [0.29, 0.717) is 12.1 Å². The molecule has 2 aromatic heterocycles. The molecule has 3 rings (SSSR count). The van der Waals surface area contributed by atoms with Crippen molar-refractivity contribution in [3.63, 3.8) is 0 Å². The second-order valence-electron chi connectivity index (χ2n) is 4.68. The summed E-state index contributed by atoms with van der Waals surface area (Å²) in [5, 5.41) is 4.97. The van der Waals surface area contributed by atoms with Gasteiger partial charge in [0.25, 0.3) is 5.91 Å². The minimum Gasteiger partial charge on any atom is -0.348 e. The number of pyridine rings is 1. The Kier molecular flexibility index (Phi) is 4.65. The number of benzene rings is 1. The summed E-state index contributed by atoms with van der Waals surface area (Å²) in [5.41, 5.74) is 2.58. The van der Waals surface area contributed by atoms with Gasteiger partial charge in [0.05, 0.1) is 10.6 Å². The van der Waals surface area contributed by atoms with E-state index in [1.165, 1.54) is 0 Å². The lowest BCUT2D eigenvalue weighted by Crippen LogP contribution is -2.23. The van der Waals surface area contributed by atoms with Crippen LogP contribution >= 0.6 is 27.3 Å². The van der Waals surface area contributed by atoms with Gasteiger partial charge in [-0.15, -0.1) is 11.3 Å². The summed E-state index contributed by atoms with van der Waals surface area (Å²) in [6.07, 6.45) is 1.77. The van der Waals surface area contributed by atoms with Crippen molar-refractivity contribution in [1.82, 2.24) is 10.3 Å². The molecule has 0 radical (unpaired) electrons. The van der Waals surface area contributed by atoms with Crippen LogP contribution in [0.4, 0.5) is 0 Å². The van der Waals surface area contributed by atoms with E-state index in [4.69, 9.17) is 0 Å². The molecule has 0 aliphatic heterocycles. The maximum absolute atomic E-state index is 12.2. The summed E-state index contributed by atoms with van der Waals surface area (Å²) in [6, 6.07) is 15.2. The van der Waals surface area contributed by atoms with Crippen molar-refractivity contribution in [2.24, 2.45) is 0 Å². The average molecular weight is 373 g/mol. The molecule has 3 nitrogen and oxygen atoms in total. The predicted octanol–water partition coefficient (Wildman–Crippen LogP) is 4.50. The third-order valence-electron chi connectivity index (χ3n) is 3.19. The summed E-state index contributed by atoms with van der Waals surface area (Å²) in [4.78, 5) is 17.7. The highest BCUT2D eigenvalue weighted by Crippen LogP contribution is 2.25. The fourth-order valence-corrected chi connectivity index (χ4v) is 3.12. The molecule has 22 heavy (non-hydrogen) atoms. The van der Waals surface area contributed by atoms with Crippen LogP contribution in [-0.2, 0) is 6.54 Å². The van der Waals surface area contributed by atoms with E-state index in [2.05, 4.69) is 26.2 Å². The first kappa shape index (κ1) is 14.9. The Morgan fingerprint density at radius 1 is 1.14 bits per heavy atom. The van der Waals surface area contributed by atoms with Crippen molar-refractivity contribution < 1.29 is 4.79 Å². The van der Waals surface area contributed by atoms with E-state index < -0.39 is 0 Å². The minimum absolute atomic E-state index is 0.0894. The summed E-state index contributed by atoms with van der Waals surface area (Å²) >= 11 is 5.01. The molecule has 0 atom stereocenters. The van der Waals surface area contributed by atoms with Crippen LogP contribution in [0.15, 0.2) is 64.6 Å². The Hall–Kier alpha value is -1.98. The third-order valence-corrected chi connectivity index (χ3v) is 4.60. The van der Waals surface area contributed by atoms with Crippen molar-refractivity contribution in [1.29, 1.82) is 0 Å². The maximum Gasteiger partial charge on any atom is 0.251 e.